The van der Waals surface area contributed by atoms with Crippen LogP contribution < -0.4 is 4.74 Å². The fourth-order valence-electron chi connectivity index (χ4n) is 4.62. The van der Waals surface area contributed by atoms with Crippen molar-refractivity contribution in [2.75, 3.05) is 7.11 Å². The molecule has 3 unspecified atom stereocenters. The third-order valence-electron chi connectivity index (χ3n) is 5.75. The summed E-state index contributed by atoms with van der Waals surface area (Å²) >= 11 is 0. The lowest BCUT2D eigenvalue weighted by Gasteiger charge is -2.38. The van der Waals surface area contributed by atoms with Crippen LogP contribution >= 0.6 is 0 Å². The number of aliphatic hydroxyl groups excluding tert-OH is 1. The maximum absolute atomic E-state index is 10.1. The fraction of sp³-hybridized carbons (Fsp3) is 0.474. The van der Waals surface area contributed by atoms with Gasteiger partial charge in [0, 0.05) is 0 Å². The molecular weight excluding hydrogens is 260 g/mol. The van der Waals surface area contributed by atoms with Gasteiger partial charge < -0.3 is 9.84 Å². The Balaban J connectivity index is 1.91. The van der Waals surface area contributed by atoms with Gasteiger partial charge in [0.1, 0.15) is 5.75 Å². The van der Waals surface area contributed by atoms with Crippen LogP contribution in [0.2, 0.25) is 0 Å². The number of fused-ring (bicyclic) bond motifs is 5. The van der Waals surface area contributed by atoms with E-state index in [1.165, 1.54) is 28.3 Å². The molecule has 2 nitrogen and oxygen atoms in total. The molecule has 2 heteroatoms. The summed E-state index contributed by atoms with van der Waals surface area (Å²) in [4.78, 5) is 0. The van der Waals surface area contributed by atoms with Crippen molar-refractivity contribution < 1.29 is 9.84 Å². The number of hydrogen-bond donors (Lipinski definition) is 1. The van der Waals surface area contributed by atoms with Gasteiger partial charge in [0.25, 0.3) is 0 Å². The Morgan fingerprint density at radius 1 is 1.24 bits per heavy atom. The Hall–Kier alpha value is -1.54. The van der Waals surface area contributed by atoms with Gasteiger partial charge in [-0.3, -0.25) is 0 Å². The molecule has 1 fully saturated rings. The minimum Gasteiger partial charge on any atom is -0.497 e. The van der Waals surface area contributed by atoms with Crippen molar-refractivity contribution in [3.05, 3.63) is 41.5 Å². The minimum atomic E-state index is -0.132. The van der Waals surface area contributed by atoms with Crippen molar-refractivity contribution in [2.45, 2.75) is 44.6 Å². The van der Waals surface area contributed by atoms with Gasteiger partial charge in [-0.05, 0) is 71.0 Å². The third-order valence-corrected chi connectivity index (χ3v) is 5.75. The quantitative estimate of drug-likeness (QED) is 0.855. The first kappa shape index (κ1) is 13.1. The molecule has 2 aromatic rings. The van der Waals surface area contributed by atoms with Gasteiger partial charge >= 0.3 is 0 Å². The highest BCUT2D eigenvalue weighted by Crippen LogP contribution is 2.56. The zero-order valence-electron chi connectivity index (χ0n) is 12.7. The lowest BCUT2D eigenvalue weighted by Crippen LogP contribution is -2.26. The van der Waals surface area contributed by atoms with Crippen LogP contribution in [0.5, 0.6) is 5.75 Å². The second kappa shape index (κ2) is 4.48. The summed E-state index contributed by atoms with van der Waals surface area (Å²) in [6, 6.07) is 10.9. The molecule has 0 heterocycles. The second-order valence-corrected chi connectivity index (χ2v) is 7.02. The Morgan fingerprint density at radius 3 is 2.86 bits per heavy atom. The molecule has 0 saturated heterocycles. The van der Waals surface area contributed by atoms with E-state index in [-0.39, 0.29) is 11.5 Å². The SMILES string of the molecule is COc1ccc2ccc3c(c2c1)CCC1(C)CC(O)CC31. The van der Waals surface area contributed by atoms with Crippen LogP contribution in [0.3, 0.4) is 0 Å². The number of methoxy groups -OCH3 is 1. The highest BCUT2D eigenvalue weighted by atomic mass is 16.5. The molecule has 0 aliphatic heterocycles. The lowest BCUT2D eigenvalue weighted by molar-refractivity contribution is 0.159. The summed E-state index contributed by atoms with van der Waals surface area (Å²) in [7, 11) is 1.72. The van der Waals surface area contributed by atoms with Crippen molar-refractivity contribution in [3.8, 4) is 5.75 Å². The molecule has 110 valence electrons. The van der Waals surface area contributed by atoms with E-state index in [2.05, 4.69) is 31.2 Å². The van der Waals surface area contributed by atoms with Gasteiger partial charge in [0.15, 0.2) is 0 Å². The maximum atomic E-state index is 10.1. The number of hydrogen-bond acceptors (Lipinski definition) is 2. The standard InChI is InChI=1S/C19H22O2/c1-19-8-7-15-16(18(19)9-13(20)11-19)6-4-12-3-5-14(21-2)10-17(12)15/h3-6,10,13,18,20H,7-9,11H2,1-2H3. The van der Waals surface area contributed by atoms with E-state index in [9.17, 15) is 5.11 Å². The van der Waals surface area contributed by atoms with Gasteiger partial charge in [0.2, 0.25) is 0 Å². The van der Waals surface area contributed by atoms with Crippen LogP contribution in [0, 0.1) is 5.41 Å². The summed E-state index contributed by atoms with van der Waals surface area (Å²) in [5, 5.41) is 12.7. The number of aryl methyl sites for hydroxylation is 1. The lowest BCUT2D eigenvalue weighted by atomic mass is 9.66. The molecule has 2 aromatic carbocycles. The molecular formula is C19H22O2. The molecule has 2 aliphatic rings. The van der Waals surface area contributed by atoms with Gasteiger partial charge in [-0.1, -0.05) is 25.1 Å². The van der Waals surface area contributed by atoms with E-state index in [0.29, 0.717) is 5.92 Å². The summed E-state index contributed by atoms with van der Waals surface area (Å²) in [6.07, 6.45) is 4.02. The summed E-state index contributed by atoms with van der Waals surface area (Å²) in [6.45, 7) is 2.35. The molecule has 0 spiro atoms. The average Bonchev–Trinajstić information content (AvgIpc) is 2.80. The van der Waals surface area contributed by atoms with Gasteiger partial charge in [-0.15, -0.1) is 0 Å². The van der Waals surface area contributed by atoms with Crippen LogP contribution in [0.25, 0.3) is 10.8 Å². The molecule has 4 rings (SSSR count). The molecule has 0 aromatic heterocycles. The highest BCUT2D eigenvalue weighted by molar-refractivity contribution is 5.88. The van der Waals surface area contributed by atoms with Crippen molar-refractivity contribution in [1.82, 2.24) is 0 Å². The van der Waals surface area contributed by atoms with E-state index >= 15 is 0 Å². The van der Waals surface area contributed by atoms with Crippen molar-refractivity contribution in [1.29, 1.82) is 0 Å². The first-order valence-corrected chi connectivity index (χ1v) is 7.88. The van der Waals surface area contributed by atoms with Gasteiger partial charge in [0.05, 0.1) is 13.2 Å². The third kappa shape index (κ3) is 1.89. The van der Waals surface area contributed by atoms with Crippen molar-refractivity contribution in [3.63, 3.8) is 0 Å². The van der Waals surface area contributed by atoms with E-state index < -0.39 is 0 Å². The number of aliphatic hydroxyl groups is 1. The van der Waals surface area contributed by atoms with Crippen LogP contribution in [0.4, 0.5) is 0 Å². The number of ether oxygens (including phenoxy) is 1. The smallest absolute Gasteiger partial charge is 0.119 e. The predicted octanol–water partition coefficient (Wildman–Crippen LogP) is 4.04. The number of benzene rings is 2. The van der Waals surface area contributed by atoms with E-state index in [1.54, 1.807) is 7.11 Å². The van der Waals surface area contributed by atoms with Crippen molar-refractivity contribution in [2.24, 2.45) is 5.41 Å². The van der Waals surface area contributed by atoms with Gasteiger partial charge in [-0.2, -0.15) is 0 Å². The maximum Gasteiger partial charge on any atom is 0.119 e. The molecule has 1 N–H and O–H groups in total. The normalized spacial score (nSPS) is 31.0. The monoisotopic (exact) mass is 282 g/mol. The van der Waals surface area contributed by atoms with E-state index in [0.717, 1.165) is 25.0 Å². The molecule has 0 bridgehead atoms. The fourth-order valence-corrected chi connectivity index (χ4v) is 4.62. The van der Waals surface area contributed by atoms with Crippen LogP contribution in [-0.4, -0.2) is 18.3 Å². The predicted molar refractivity (Wildman–Crippen MR) is 84.9 cm³/mol. The van der Waals surface area contributed by atoms with Crippen LogP contribution in [0.1, 0.15) is 43.2 Å². The van der Waals surface area contributed by atoms with E-state index in [4.69, 9.17) is 4.74 Å². The van der Waals surface area contributed by atoms with Crippen LogP contribution in [0.15, 0.2) is 30.3 Å². The Bertz CT molecular complexity index is 706. The molecule has 2 aliphatic carbocycles. The Labute approximate surface area is 125 Å². The molecule has 3 atom stereocenters. The largest absolute Gasteiger partial charge is 0.497 e. The number of rotatable bonds is 1. The van der Waals surface area contributed by atoms with Gasteiger partial charge in [-0.25, -0.2) is 0 Å². The minimum absolute atomic E-state index is 0.132. The zero-order valence-corrected chi connectivity index (χ0v) is 12.7. The average molecular weight is 282 g/mol. The Morgan fingerprint density at radius 2 is 2.05 bits per heavy atom. The first-order chi connectivity index (χ1) is 10.1. The Kier molecular flexibility index (Phi) is 2.80. The molecule has 0 radical (unpaired) electrons. The first-order valence-electron chi connectivity index (χ1n) is 7.88. The summed E-state index contributed by atoms with van der Waals surface area (Å²) in [5.74, 6) is 1.43. The van der Waals surface area contributed by atoms with E-state index in [1.807, 2.05) is 6.07 Å². The zero-order chi connectivity index (χ0) is 14.6. The van der Waals surface area contributed by atoms with Crippen LogP contribution in [-0.2, 0) is 6.42 Å². The highest BCUT2D eigenvalue weighted by Gasteiger charge is 2.46. The topological polar surface area (TPSA) is 29.5 Å². The summed E-state index contributed by atoms with van der Waals surface area (Å²) in [5.41, 5.74) is 3.21. The second-order valence-electron chi connectivity index (χ2n) is 7.02. The molecule has 0 amide bonds. The summed E-state index contributed by atoms with van der Waals surface area (Å²) < 4.78 is 5.40. The van der Waals surface area contributed by atoms with Crippen molar-refractivity contribution >= 4 is 10.8 Å². The molecule has 1 saturated carbocycles. The molecule has 21 heavy (non-hydrogen) atoms.